The van der Waals surface area contributed by atoms with E-state index in [0.717, 1.165) is 15.6 Å². The number of carbonyl (C=O) groups excluding carboxylic acids is 1. The molecule has 0 unspecified atom stereocenters. The summed E-state index contributed by atoms with van der Waals surface area (Å²) in [5, 5.41) is 10.9. The van der Waals surface area contributed by atoms with Crippen LogP contribution in [0.2, 0.25) is 0 Å². The molecule has 0 radical (unpaired) electrons. The van der Waals surface area contributed by atoms with Crippen LogP contribution < -0.4 is 10.1 Å². The van der Waals surface area contributed by atoms with Gasteiger partial charge in [-0.3, -0.25) is 4.79 Å². The van der Waals surface area contributed by atoms with Gasteiger partial charge in [-0.15, -0.1) is 10.2 Å². The van der Waals surface area contributed by atoms with E-state index in [-0.39, 0.29) is 18.3 Å². The van der Waals surface area contributed by atoms with Crippen LogP contribution in [0, 0.1) is 5.82 Å². The Kier molecular flexibility index (Phi) is 6.49. The fourth-order valence-corrected chi connectivity index (χ4v) is 2.63. The number of hydrogen-bond acceptors (Lipinski definition) is 4. The van der Waals surface area contributed by atoms with Crippen molar-refractivity contribution in [1.82, 2.24) is 15.5 Å². The summed E-state index contributed by atoms with van der Waals surface area (Å²) in [6.07, 6.45) is 0.319. The maximum Gasteiger partial charge on any atom is 0.233 e. The van der Waals surface area contributed by atoms with Crippen LogP contribution in [-0.2, 0) is 11.2 Å². The first-order chi connectivity index (χ1) is 13.1. The third kappa shape index (κ3) is 5.86. The topological polar surface area (TPSA) is 64.1 Å². The van der Waals surface area contributed by atoms with Crippen molar-refractivity contribution in [2.45, 2.75) is 6.42 Å². The van der Waals surface area contributed by atoms with Gasteiger partial charge in [0.05, 0.1) is 18.7 Å². The lowest BCUT2D eigenvalue weighted by molar-refractivity contribution is -0.120. The summed E-state index contributed by atoms with van der Waals surface area (Å²) >= 11 is 3.36. The average molecular weight is 430 g/mol. The Bertz CT molecular complexity index is 885. The Morgan fingerprint density at radius 2 is 1.74 bits per heavy atom. The van der Waals surface area contributed by atoms with E-state index in [1.807, 2.05) is 24.3 Å². The summed E-state index contributed by atoms with van der Waals surface area (Å²) in [6, 6.07) is 17.1. The van der Waals surface area contributed by atoms with Crippen molar-refractivity contribution in [3.8, 4) is 17.1 Å². The molecule has 3 rings (SSSR count). The van der Waals surface area contributed by atoms with Crippen LogP contribution in [0.4, 0.5) is 4.39 Å². The first-order valence-electron chi connectivity index (χ1n) is 8.34. The van der Waals surface area contributed by atoms with E-state index in [1.54, 1.807) is 24.3 Å². The number of benzene rings is 2. The van der Waals surface area contributed by atoms with Crippen molar-refractivity contribution in [2.75, 3.05) is 13.2 Å². The Morgan fingerprint density at radius 3 is 2.41 bits per heavy atom. The normalized spacial score (nSPS) is 10.4. The molecule has 1 amide bonds. The number of nitrogens with one attached hydrogen (secondary N) is 1. The lowest BCUT2D eigenvalue weighted by atomic mass is 10.1. The number of aromatic nitrogens is 2. The van der Waals surface area contributed by atoms with Gasteiger partial charge in [0.1, 0.15) is 12.4 Å². The molecule has 0 saturated carbocycles. The Morgan fingerprint density at radius 1 is 1.00 bits per heavy atom. The van der Waals surface area contributed by atoms with Gasteiger partial charge in [-0.25, -0.2) is 4.39 Å². The fraction of sp³-hybridized carbons (Fsp3) is 0.150. The molecule has 1 aromatic heterocycles. The van der Waals surface area contributed by atoms with Crippen molar-refractivity contribution < 1.29 is 13.9 Å². The largest absolute Gasteiger partial charge is 0.475 e. The number of halogens is 2. The molecule has 1 heterocycles. The summed E-state index contributed by atoms with van der Waals surface area (Å²) in [7, 11) is 0. The van der Waals surface area contributed by atoms with Crippen LogP contribution in [0.1, 0.15) is 5.56 Å². The molecule has 7 heteroatoms. The first kappa shape index (κ1) is 19.0. The third-order valence-corrected chi connectivity index (χ3v) is 4.26. The minimum atomic E-state index is -0.297. The Balaban J connectivity index is 1.41. The van der Waals surface area contributed by atoms with Crippen LogP contribution in [0.5, 0.6) is 5.88 Å². The standard InChI is InChI=1S/C20H17BrFN3O2/c21-16-5-1-14(2-6-16)13-19(26)23-11-12-27-20-10-9-18(24-25-20)15-3-7-17(22)8-4-15/h1-10H,11-13H2,(H,23,26). The smallest absolute Gasteiger partial charge is 0.233 e. The molecule has 0 atom stereocenters. The predicted octanol–water partition coefficient (Wildman–Crippen LogP) is 3.78. The monoisotopic (exact) mass is 429 g/mol. The van der Waals surface area contributed by atoms with E-state index in [0.29, 0.717) is 24.5 Å². The number of carbonyl (C=O) groups is 1. The average Bonchev–Trinajstić information content (AvgIpc) is 2.68. The number of ether oxygens (including phenoxy) is 1. The Hall–Kier alpha value is -2.80. The molecule has 0 bridgehead atoms. The molecule has 0 aliphatic rings. The molecule has 0 aliphatic carbocycles. The number of nitrogens with zero attached hydrogens (tertiary/aromatic N) is 2. The van der Waals surface area contributed by atoms with Gasteiger partial charge in [-0.2, -0.15) is 0 Å². The quantitative estimate of drug-likeness (QED) is 0.580. The molecular weight excluding hydrogens is 413 g/mol. The number of hydrogen-bond donors (Lipinski definition) is 1. The van der Waals surface area contributed by atoms with Crippen LogP contribution in [0.25, 0.3) is 11.3 Å². The molecule has 0 saturated heterocycles. The molecule has 0 spiro atoms. The van der Waals surface area contributed by atoms with Crippen molar-refractivity contribution in [1.29, 1.82) is 0 Å². The summed E-state index contributed by atoms with van der Waals surface area (Å²) in [6.45, 7) is 0.660. The van der Waals surface area contributed by atoms with Gasteiger partial charge in [0.25, 0.3) is 0 Å². The molecule has 0 aliphatic heterocycles. The van der Waals surface area contributed by atoms with Crippen LogP contribution >= 0.6 is 15.9 Å². The molecule has 138 valence electrons. The zero-order chi connectivity index (χ0) is 19.1. The molecule has 5 nitrogen and oxygen atoms in total. The van der Waals surface area contributed by atoms with E-state index in [9.17, 15) is 9.18 Å². The second-order valence-corrected chi connectivity index (χ2v) is 6.68. The fourth-order valence-electron chi connectivity index (χ4n) is 2.37. The van der Waals surface area contributed by atoms with Gasteiger partial charge in [0.2, 0.25) is 11.8 Å². The molecule has 27 heavy (non-hydrogen) atoms. The van der Waals surface area contributed by atoms with Crippen LogP contribution in [0.15, 0.2) is 65.1 Å². The predicted molar refractivity (Wildman–Crippen MR) is 104 cm³/mol. The van der Waals surface area contributed by atoms with Crippen molar-refractivity contribution in [3.05, 3.63) is 76.5 Å². The highest BCUT2D eigenvalue weighted by molar-refractivity contribution is 9.10. The van der Waals surface area contributed by atoms with Crippen molar-refractivity contribution in [3.63, 3.8) is 0 Å². The van der Waals surface area contributed by atoms with Crippen molar-refractivity contribution in [2.24, 2.45) is 0 Å². The second-order valence-electron chi connectivity index (χ2n) is 5.77. The molecule has 3 aromatic rings. The number of rotatable bonds is 7. The van der Waals surface area contributed by atoms with E-state index in [1.165, 1.54) is 12.1 Å². The van der Waals surface area contributed by atoms with Gasteiger partial charge in [0, 0.05) is 16.1 Å². The lowest BCUT2D eigenvalue weighted by Gasteiger charge is -2.07. The van der Waals surface area contributed by atoms with Crippen molar-refractivity contribution >= 4 is 21.8 Å². The molecule has 1 N–H and O–H groups in total. The van der Waals surface area contributed by atoms with E-state index >= 15 is 0 Å². The highest BCUT2D eigenvalue weighted by atomic mass is 79.9. The van der Waals surface area contributed by atoms with E-state index in [2.05, 4.69) is 31.4 Å². The SMILES string of the molecule is O=C(Cc1ccc(Br)cc1)NCCOc1ccc(-c2ccc(F)cc2)nn1. The van der Waals surface area contributed by atoms with Gasteiger partial charge in [0.15, 0.2) is 0 Å². The maximum absolute atomic E-state index is 12.9. The van der Waals surface area contributed by atoms with Gasteiger partial charge in [-0.1, -0.05) is 28.1 Å². The third-order valence-electron chi connectivity index (χ3n) is 3.73. The maximum atomic E-state index is 12.9. The summed E-state index contributed by atoms with van der Waals surface area (Å²) in [5.74, 6) is -0.00414. The lowest BCUT2D eigenvalue weighted by Crippen LogP contribution is -2.29. The van der Waals surface area contributed by atoms with Gasteiger partial charge >= 0.3 is 0 Å². The van der Waals surface area contributed by atoms with Gasteiger partial charge in [-0.05, 0) is 48.0 Å². The summed E-state index contributed by atoms with van der Waals surface area (Å²) in [5.41, 5.74) is 2.35. The number of amides is 1. The zero-order valence-electron chi connectivity index (χ0n) is 14.4. The second kappa shape index (κ2) is 9.23. The first-order valence-corrected chi connectivity index (χ1v) is 9.13. The van der Waals surface area contributed by atoms with Gasteiger partial charge < -0.3 is 10.1 Å². The van der Waals surface area contributed by atoms with Crippen LogP contribution in [-0.4, -0.2) is 29.3 Å². The highest BCUT2D eigenvalue weighted by Gasteiger charge is 2.05. The summed E-state index contributed by atoms with van der Waals surface area (Å²) in [4.78, 5) is 11.9. The minimum Gasteiger partial charge on any atom is -0.475 e. The molecule has 0 fully saturated rings. The highest BCUT2D eigenvalue weighted by Crippen LogP contribution is 2.18. The Labute approximate surface area is 164 Å². The zero-order valence-corrected chi connectivity index (χ0v) is 15.9. The van der Waals surface area contributed by atoms with E-state index in [4.69, 9.17) is 4.74 Å². The molecule has 2 aromatic carbocycles. The summed E-state index contributed by atoms with van der Waals surface area (Å²) < 4.78 is 19.4. The van der Waals surface area contributed by atoms with Crippen LogP contribution in [0.3, 0.4) is 0 Å². The molecular formula is C20H17BrFN3O2. The minimum absolute atomic E-state index is 0.0707. The van der Waals surface area contributed by atoms with E-state index < -0.39 is 0 Å².